The number of sulfonamides is 1. The molecular formula is C35H40N6O5S. The maximum atomic E-state index is 13.3. The molecule has 0 fully saturated rings. The van der Waals surface area contributed by atoms with Crippen LogP contribution in [0.5, 0.6) is 5.88 Å². The number of aromatic nitrogens is 2. The van der Waals surface area contributed by atoms with E-state index in [0.29, 0.717) is 23.9 Å². The summed E-state index contributed by atoms with van der Waals surface area (Å²) in [7, 11) is -4.24. The van der Waals surface area contributed by atoms with Crippen LogP contribution >= 0.6 is 0 Å². The van der Waals surface area contributed by atoms with Gasteiger partial charge < -0.3 is 20.9 Å². The standard InChI is InChI=1S/C35H40N6O5S/c1-23(2)16-28(38-29(19-36)21-37-20-26-12-6-5-7-13-26)22-46-32-18-31(33-24(3)10-8-11-25(33)4)39-35(40-32)41-47(44,45)30-15-9-14-27(17-30)34(42)43/h5-15,17-19,21,23,28,38H,16,20,22,36H2,1-4H3,(H,42,43)(H,39,40,41)/b29-19+,37-21?/t28-/m1/s1. The summed E-state index contributed by atoms with van der Waals surface area (Å²) in [5.41, 5.74) is 10.6. The molecule has 5 N–H and O–H groups in total. The number of allylic oxidation sites excluding steroid dienone is 1. The highest BCUT2D eigenvalue weighted by molar-refractivity contribution is 7.92. The van der Waals surface area contributed by atoms with Crippen molar-refractivity contribution in [2.24, 2.45) is 16.6 Å². The van der Waals surface area contributed by atoms with Gasteiger partial charge in [0.2, 0.25) is 11.8 Å². The van der Waals surface area contributed by atoms with Gasteiger partial charge in [0.15, 0.2) is 0 Å². The summed E-state index contributed by atoms with van der Waals surface area (Å²) in [5.74, 6) is -0.993. The van der Waals surface area contributed by atoms with Crippen LogP contribution in [0.15, 0.2) is 101 Å². The van der Waals surface area contributed by atoms with Gasteiger partial charge in [0.25, 0.3) is 10.0 Å². The number of anilines is 1. The molecule has 12 heteroatoms. The molecule has 1 heterocycles. The van der Waals surface area contributed by atoms with E-state index < -0.39 is 16.0 Å². The number of carboxylic acids is 1. The van der Waals surface area contributed by atoms with Gasteiger partial charge in [0, 0.05) is 24.0 Å². The van der Waals surface area contributed by atoms with Crippen molar-refractivity contribution in [3.63, 3.8) is 0 Å². The van der Waals surface area contributed by atoms with Crippen LogP contribution in [-0.2, 0) is 16.6 Å². The molecule has 246 valence electrons. The molecule has 11 nitrogen and oxygen atoms in total. The van der Waals surface area contributed by atoms with Gasteiger partial charge in [-0.05, 0) is 61.1 Å². The molecule has 0 bridgehead atoms. The zero-order valence-electron chi connectivity index (χ0n) is 26.8. The third kappa shape index (κ3) is 9.88. The third-order valence-corrected chi connectivity index (χ3v) is 8.47. The van der Waals surface area contributed by atoms with Crippen molar-refractivity contribution in [2.45, 2.75) is 51.6 Å². The van der Waals surface area contributed by atoms with Crippen LogP contribution in [0.3, 0.4) is 0 Å². The monoisotopic (exact) mass is 656 g/mol. The first-order chi connectivity index (χ1) is 22.4. The molecular weight excluding hydrogens is 616 g/mol. The minimum Gasteiger partial charge on any atom is -0.478 e. The van der Waals surface area contributed by atoms with Crippen molar-refractivity contribution in [3.05, 3.63) is 113 Å². The molecule has 0 spiro atoms. The molecule has 0 radical (unpaired) electrons. The van der Waals surface area contributed by atoms with Gasteiger partial charge in [0.1, 0.15) is 6.61 Å². The number of carboxylic acid groups (broad SMARTS) is 1. The summed E-state index contributed by atoms with van der Waals surface area (Å²) in [4.78, 5) is 24.7. The van der Waals surface area contributed by atoms with Gasteiger partial charge in [0.05, 0.1) is 34.4 Å². The number of nitrogens with one attached hydrogen (secondary N) is 2. The number of aromatic carboxylic acids is 1. The van der Waals surface area contributed by atoms with E-state index in [0.717, 1.165) is 34.7 Å². The van der Waals surface area contributed by atoms with Crippen molar-refractivity contribution in [1.29, 1.82) is 0 Å². The Balaban J connectivity index is 1.61. The molecule has 3 aromatic carbocycles. The van der Waals surface area contributed by atoms with Gasteiger partial charge >= 0.3 is 5.97 Å². The number of rotatable bonds is 15. The van der Waals surface area contributed by atoms with Gasteiger partial charge in [-0.3, -0.25) is 4.99 Å². The Morgan fingerprint density at radius 2 is 1.70 bits per heavy atom. The zero-order valence-corrected chi connectivity index (χ0v) is 27.7. The summed E-state index contributed by atoms with van der Waals surface area (Å²) >= 11 is 0. The van der Waals surface area contributed by atoms with Crippen molar-refractivity contribution in [3.8, 4) is 17.1 Å². The van der Waals surface area contributed by atoms with Crippen molar-refractivity contribution in [1.82, 2.24) is 15.3 Å². The first-order valence-electron chi connectivity index (χ1n) is 15.1. The number of hydrogen-bond acceptors (Lipinski definition) is 9. The molecule has 0 aliphatic rings. The molecule has 0 saturated carbocycles. The number of aryl methyl sites for hydroxylation is 2. The Hall–Kier alpha value is -5.23. The lowest BCUT2D eigenvalue weighted by atomic mass is 10.00. The second-order valence-electron chi connectivity index (χ2n) is 11.5. The lowest BCUT2D eigenvalue weighted by Gasteiger charge is -2.22. The first kappa shape index (κ1) is 34.6. The van der Waals surface area contributed by atoms with Crippen LogP contribution < -0.4 is 20.5 Å². The fourth-order valence-corrected chi connectivity index (χ4v) is 5.98. The Labute approximate surface area is 275 Å². The minimum absolute atomic E-state index is 0.154. The van der Waals surface area contributed by atoms with Crippen LogP contribution in [0, 0.1) is 19.8 Å². The maximum Gasteiger partial charge on any atom is 0.335 e. The molecule has 4 aromatic rings. The van der Waals surface area contributed by atoms with Crippen LogP contribution in [0.25, 0.3) is 11.3 Å². The minimum atomic E-state index is -4.24. The molecule has 0 aliphatic heterocycles. The summed E-state index contributed by atoms with van der Waals surface area (Å²) in [5, 5.41) is 12.8. The van der Waals surface area contributed by atoms with Crippen molar-refractivity contribution >= 4 is 28.2 Å². The highest BCUT2D eigenvalue weighted by Gasteiger charge is 2.21. The highest BCUT2D eigenvalue weighted by atomic mass is 32.2. The Bertz CT molecular complexity index is 1840. The fourth-order valence-electron chi connectivity index (χ4n) is 4.99. The summed E-state index contributed by atoms with van der Waals surface area (Å²) in [6.07, 6.45) is 3.88. The maximum absolute atomic E-state index is 13.3. The van der Waals surface area contributed by atoms with E-state index in [9.17, 15) is 18.3 Å². The summed E-state index contributed by atoms with van der Waals surface area (Å²) in [6.45, 7) is 8.76. The quantitative estimate of drug-likeness (QED) is 0.117. The predicted molar refractivity (Wildman–Crippen MR) is 184 cm³/mol. The Kier molecular flexibility index (Phi) is 11.7. The number of carbonyl (C=O) groups is 1. The molecule has 0 amide bonds. The van der Waals surface area contributed by atoms with Gasteiger partial charge in [-0.15, -0.1) is 0 Å². The van der Waals surface area contributed by atoms with E-state index in [1.807, 2.05) is 62.4 Å². The molecule has 47 heavy (non-hydrogen) atoms. The number of nitrogens with zero attached hydrogens (tertiary/aromatic N) is 3. The van der Waals surface area contributed by atoms with E-state index in [1.54, 1.807) is 12.3 Å². The largest absolute Gasteiger partial charge is 0.478 e. The van der Waals surface area contributed by atoms with E-state index in [-0.39, 0.29) is 34.9 Å². The molecule has 1 aromatic heterocycles. The average Bonchev–Trinajstić information content (AvgIpc) is 3.03. The fraction of sp³-hybridized carbons (Fsp3) is 0.257. The van der Waals surface area contributed by atoms with Crippen LogP contribution in [0.4, 0.5) is 5.95 Å². The number of hydrogen-bond donors (Lipinski definition) is 4. The smallest absolute Gasteiger partial charge is 0.335 e. The SMILES string of the molecule is Cc1cccc(C)c1-c1cc(OC[C@@H](CC(C)C)N/C(C=NCc2ccccc2)=C/N)nc(NS(=O)(=O)c2cccc(C(=O)O)c2)n1. The zero-order chi connectivity index (χ0) is 34.0. The molecule has 0 unspecified atom stereocenters. The number of nitrogens with two attached hydrogens (primary N) is 1. The second-order valence-corrected chi connectivity index (χ2v) is 13.2. The third-order valence-electron chi connectivity index (χ3n) is 7.14. The van der Waals surface area contributed by atoms with Crippen LogP contribution in [-0.4, -0.2) is 48.3 Å². The number of benzene rings is 3. The summed E-state index contributed by atoms with van der Waals surface area (Å²) < 4.78 is 35.3. The molecule has 0 saturated heterocycles. The van der Waals surface area contributed by atoms with E-state index in [4.69, 9.17) is 10.5 Å². The van der Waals surface area contributed by atoms with E-state index in [2.05, 4.69) is 38.8 Å². The number of ether oxygens (including phenoxy) is 1. The summed E-state index contributed by atoms with van der Waals surface area (Å²) in [6, 6.07) is 22.2. The second kappa shape index (κ2) is 15.9. The molecule has 0 aliphatic carbocycles. The van der Waals surface area contributed by atoms with Crippen molar-refractivity contribution in [2.75, 3.05) is 11.3 Å². The van der Waals surface area contributed by atoms with Gasteiger partial charge in [-0.2, -0.15) is 4.98 Å². The lowest BCUT2D eigenvalue weighted by Crippen LogP contribution is -2.36. The van der Waals surface area contributed by atoms with Crippen molar-refractivity contribution < 1.29 is 23.1 Å². The lowest BCUT2D eigenvalue weighted by molar-refractivity contribution is 0.0696. The first-order valence-corrected chi connectivity index (χ1v) is 16.6. The molecule has 4 rings (SSSR count). The normalized spacial score (nSPS) is 12.7. The highest BCUT2D eigenvalue weighted by Crippen LogP contribution is 2.29. The van der Waals surface area contributed by atoms with Gasteiger partial charge in [-0.25, -0.2) is 22.9 Å². The van der Waals surface area contributed by atoms with Crippen LogP contribution in [0.2, 0.25) is 0 Å². The van der Waals surface area contributed by atoms with Crippen LogP contribution in [0.1, 0.15) is 47.3 Å². The number of aliphatic imine (C=N–C) groups is 1. The van der Waals surface area contributed by atoms with E-state index in [1.165, 1.54) is 24.4 Å². The topological polar surface area (TPSA) is 169 Å². The molecule has 1 atom stereocenters. The Morgan fingerprint density at radius 1 is 1.00 bits per heavy atom. The Morgan fingerprint density at radius 3 is 2.36 bits per heavy atom. The predicted octanol–water partition coefficient (Wildman–Crippen LogP) is 5.71. The van der Waals surface area contributed by atoms with Gasteiger partial charge in [-0.1, -0.05) is 68.4 Å². The average molecular weight is 657 g/mol. The van der Waals surface area contributed by atoms with E-state index >= 15 is 0 Å².